The van der Waals surface area contributed by atoms with Crippen LogP contribution in [-0.2, 0) is 0 Å². The summed E-state index contributed by atoms with van der Waals surface area (Å²) in [5.74, 6) is 0.0566. The molecule has 0 spiro atoms. The molecular weight excluding hydrogens is 338 g/mol. The number of amides is 2. The van der Waals surface area contributed by atoms with E-state index in [9.17, 15) is 9.59 Å². The Balaban J connectivity index is 1.63. The minimum atomic E-state index is -0.120. The maximum Gasteiger partial charge on any atom is 0.253 e. The monoisotopic (exact) mass is 359 g/mol. The van der Waals surface area contributed by atoms with Crippen LogP contribution in [0.3, 0.4) is 0 Å². The van der Waals surface area contributed by atoms with Gasteiger partial charge in [-0.25, -0.2) is 0 Å². The zero-order chi connectivity index (χ0) is 18.8. The molecule has 1 saturated heterocycles. The standard InChI is InChI=1S/C22H21N3O2/c1-23-21(26)18-13-20(24-19-10-6-5-9-17(18)19)16-11-12-25(14-16)22(27)15-7-3-2-4-8-15/h2-10,13,16H,11-12,14H2,1H3,(H,23,26)/t16-/m0/s1. The number of hydrogen-bond acceptors (Lipinski definition) is 3. The molecule has 0 saturated carbocycles. The predicted molar refractivity (Wildman–Crippen MR) is 105 cm³/mol. The van der Waals surface area contributed by atoms with E-state index in [0.29, 0.717) is 24.2 Å². The maximum atomic E-state index is 12.7. The number of para-hydroxylation sites is 1. The second kappa shape index (κ2) is 7.19. The summed E-state index contributed by atoms with van der Waals surface area (Å²) in [4.78, 5) is 31.7. The van der Waals surface area contributed by atoms with Crippen molar-refractivity contribution in [3.05, 3.63) is 77.5 Å². The Morgan fingerprint density at radius 3 is 2.59 bits per heavy atom. The summed E-state index contributed by atoms with van der Waals surface area (Å²) in [7, 11) is 1.63. The first-order valence-corrected chi connectivity index (χ1v) is 9.13. The van der Waals surface area contributed by atoms with Crippen LogP contribution in [-0.4, -0.2) is 41.8 Å². The van der Waals surface area contributed by atoms with Crippen molar-refractivity contribution in [1.82, 2.24) is 15.2 Å². The quantitative estimate of drug-likeness (QED) is 0.781. The number of nitrogens with one attached hydrogen (secondary N) is 1. The van der Waals surface area contributed by atoms with Gasteiger partial charge in [0.1, 0.15) is 0 Å². The number of aromatic nitrogens is 1. The Bertz CT molecular complexity index is 1000. The van der Waals surface area contributed by atoms with E-state index in [-0.39, 0.29) is 17.7 Å². The van der Waals surface area contributed by atoms with Gasteiger partial charge in [-0.1, -0.05) is 36.4 Å². The van der Waals surface area contributed by atoms with Gasteiger partial charge in [-0.3, -0.25) is 14.6 Å². The number of benzene rings is 2. The number of nitrogens with zero attached hydrogens (tertiary/aromatic N) is 2. The molecule has 27 heavy (non-hydrogen) atoms. The van der Waals surface area contributed by atoms with Gasteiger partial charge in [-0.2, -0.15) is 0 Å². The van der Waals surface area contributed by atoms with Gasteiger partial charge in [-0.15, -0.1) is 0 Å². The van der Waals surface area contributed by atoms with Crippen molar-refractivity contribution >= 4 is 22.7 Å². The zero-order valence-electron chi connectivity index (χ0n) is 15.2. The molecule has 1 aliphatic rings. The summed E-state index contributed by atoms with van der Waals surface area (Å²) in [5.41, 5.74) is 3.01. The van der Waals surface area contributed by atoms with Gasteiger partial charge in [0.15, 0.2) is 0 Å². The van der Waals surface area contributed by atoms with E-state index in [1.165, 1.54) is 0 Å². The van der Waals surface area contributed by atoms with Crippen LogP contribution in [0.1, 0.15) is 38.7 Å². The van der Waals surface area contributed by atoms with E-state index >= 15 is 0 Å². The van der Waals surface area contributed by atoms with Gasteiger partial charge in [0.25, 0.3) is 11.8 Å². The largest absolute Gasteiger partial charge is 0.355 e. The average Bonchev–Trinajstić information content (AvgIpc) is 3.22. The second-order valence-corrected chi connectivity index (χ2v) is 6.79. The SMILES string of the molecule is CNC(=O)c1cc([C@H]2CCN(C(=O)c3ccccc3)C2)nc2ccccc12. The molecule has 1 aliphatic heterocycles. The van der Waals surface area contributed by atoms with Crippen molar-refractivity contribution in [3.8, 4) is 0 Å². The lowest BCUT2D eigenvalue weighted by molar-refractivity contribution is 0.0790. The fourth-order valence-electron chi connectivity index (χ4n) is 3.68. The van der Waals surface area contributed by atoms with Crippen molar-refractivity contribution in [3.63, 3.8) is 0 Å². The molecule has 1 atom stereocenters. The third-order valence-electron chi connectivity index (χ3n) is 5.12. The van der Waals surface area contributed by atoms with Crippen LogP contribution in [0.5, 0.6) is 0 Å². The van der Waals surface area contributed by atoms with E-state index in [4.69, 9.17) is 4.98 Å². The Morgan fingerprint density at radius 2 is 1.81 bits per heavy atom. The van der Waals surface area contributed by atoms with Crippen molar-refractivity contribution in [1.29, 1.82) is 0 Å². The molecule has 0 aliphatic carbocycles. The van der Waals surface area contributed by atoms with E-state index < -0.39 is 0 Å². The first-order valence-electron chi connectivity index (χ1n) is 9.13. The van der Waals surface area contributed by atoms with Gasteiger partial charge in [0.2, 0.25) is 0 Å². The van der Waals surface area contributed by atoms with E-state index in [2.05, 4.69) is 5.32 Å². The van der Waals surface area contributed by atoms with Crippen LogP contribution in [0.2, 0.25) is 0 Å². The smallest absolute Gasteiger partial charge is 0.253 e. The van der Waals surface area contributed by atoms with Gasteiger partial charge in [0, 0.05) is 42.7 Å². The molecule has 1 aromatic heterocycles. The maximum absolute atomic E-state index is 12.7. The van der Waals surface area contributed by atoms with Crippen molar-refractivity contribution < 1.29 is 9.59 Å². The molecule has 0 bridgehead atoms. The predicted octanol–water partition coefficient (Wildman–Crippen LogP) is 3.22. The third kappa shape index (κ3) is 3.28. The van der Waals surface area contributed by atoms with Gasteiger partial charge in [0.05, 0.1) is 11.1 Å². The fourth-order valence-corrected chi connectivity index (χ4v) is 3.68. The summed E-state index contributed by atoms with van der Waals surface area (Å²) < 4.78 is 0. The highest BCUT2D eigenvalue weighted by molar-refractivity contribution is 6.06. The molecule has 5 heteroatoms. The number of fused-ring (bicyclic) bond motifs is 1. The van der Waals surface area contributed by atoms with Crippen molar-refractivity contribution in [2.24, 2.45) is 0 Å². The fraction of sp³-hybridized carbons (Fsp3) is 0.227. The number of pyridine rings is 1. The molecule has 2 amide bonds. The molecular formula is C22H21N3O2. The molecule has 3 aromatic rings. The van der Waals surface area contributed by atoms with E-state index in [0.717, 1.165) is 23.0 Å². The second-order valence-electron chi connectivity index (χ2n) is 6.79. The normalized spacial score (nSPS) is 16.5. The van der Waals surface area contributed by atoms with E-state index in [1.54, 1.807) is 7.05 Å². The van der Waals surface area contributed by atoms with Gasteiger partial charge < -0.3 is 10.2 Å². The summed E-state index contributed by atoms with van der Waals surface area (Å²) in [6.07, 6.45) is 0.844. The number of likely N-dealkylation sites (tertiary alicyclic amines) is 1. The summed E-state index contributed by atoms with van der Waals surface area (Å²) >= 11 is 0. The van der Waals surface area contributed by atoms with Crippen LogP contribution in [0.25, 0.3) is 10.9 Å². The third-order valence-corrected chi connectivity index (χ3v) is 5.12. The minimum Gasteiger partial charge on any atom is -0.355 e. The zero-order valence-corrected chi connectivity index (χ0v) is 15.2. The van der Waals surface area contributed by atoms with Crippen LogP contribution >= 0.6 is 0 Å². The highest BCUT2D eigenvalue weighted by Gasteiger charge is 2.29. The summed E-state index contributed by atoms with van der Waals surface area (Å²) in [6, 6.07) is 18.9. The van der Waals surface area contributed by atoms with Crippen molar-refractivity contribution in [2.75, 3.05) is 20.1 Å². The highest BCUT2D eigenvalue weighted by Crippen LogP contribution is 2.30. The Kier molecular flexibility index (Phi) is 4.59. The van der Waals surface area contributed by atoms with Crippen LogP contribution in [0.4, 0.5) is 0 Å². The van der Waals surface area contributed by atoms with E-state index in [1.807, 2.05) is 65.6 Å². The molecule has 136 valence electrons. The topological polar surface area (TPSA) is 62.3 Å². The summed E-state index contributed by atoms with van der Waals surface area (Å²) in [6.45, 7) is 1.31. The van der Waals surface area contributed by atoms with Crippen molar-refractivity contribution in [2.45, 2.75) is 12.3 Å². The Labute approximate surface area is 158 Å². The molecule has 1 fully saturated rings. The Morgan fingerprint density at radius 1 is 1.07 bits per heavy atom. The molecule has 1 N–H and O–H groups in total. The van der Waals surface area contributed by atoms with Gasteiger partial charge in [-0.05, 0) is 30.7 Å². The molecule has 2 heterocycles. The lowest BCUT2D eigenvalue weighted by Crippen LogP contribution is -2.28. The molecule has 0 radical (unpaired) electrons. The molecule has 2 aromatic carbocycles. The molecule has 0 unspecified atom stereocenters. The first-order chi connectivity index (χ1) is 13.2. The number of carbonyl (C=O) groups excluding carboxylic acids is 2. The number of rotatable bonds is 3. The highest BCUT2D eigenvalue weighted by atomic mass is 16.2. The molecule has 5 nitrogen and oxygen atoms in total. The van der Waals surface area contributed by atoms with Gasteiger partial charge >= 0.3 is 0 Å². The lowest BCUT2D eigenvalue weighted by Gasteiger charge is -2.17. The lowest BCUT2D eigenvalue weighted by atomic mass is 9.99. The number of hydrogen-bond donors (Lipinski definition) is 1. The average molecular weight is 359 g/mol. The number of carbonyl (C=O) groups is 2. The van der Waals surface area contributed by atoms with Crippen LogP contribution in [0, 0.1) is 0 Å². The summed E-state index contributed by atoms with van der Waals surface area (Å²) in [5, 5.41) is 3.55. The Hall–Kier alpha value is -3.21. The minimum absolute atomic E-state index is 0.0467. The first kappa shape index (κ1) is 17.2. The van der Waals surface area contributed by atoms with Crippen LogP contribution < -0.4 is 5.32 Å². The van der Waals surface area contributed by atoms with Crippen LogP contribution in [0.15, 0.2) is 60.7 Å². The molecule has 4 rings (SSSR count).